The first-order valence-corrected chi connectivity index (χ1v) is 7.53. The van der Waals surface area contributed by atoms with Gasteiger partial charge in [-0.25, -0.2) is 0 Å². The van der Waals surface area contributed by atoms with Crippen molar-refractivity contribution in [3.63, 3.8) is 0 Å². The molecule has 1 rings (SSSR count). The van der Waals surface area contributed by atoms with Crippen LogP contribution in [-0.4, -0.2) is 50.8 Å². The molecule has 1 N–H and O–H groups in total. The number of guanidine groups is 1. The topological polar surface area (TPSA) is 36.9 Å². The maximum atomic E-state index is 5.32. The van der Waals surface area contributed by atoms with Gasteiger partial charge in [0, 0.05) is 26.7 Å². The Morgan fingerprint density at radius 2 is 2.32 bits per heavy atom. The highest BCUT2D eigenvalue weighted by Gasteiger charge is 2.06. The standard InChI is InChI=1S/C15H29N3O/c1-4-6-11-18(3)15(16-5-2)17-10-7-14-8-12-19-13-9-14/h8H,4-7,9-13H2,1-3H3,(H,16,17). The summed E-state index contributed by atoms with van der Waals surface area (Å²) in [6, 6.07) is 0. The minimum absolute atomic E-state index is 0.773. The molecule has 0 aromatic heterocycles. The molecule has 1 heterocycles. The minimum Gasteiger partial charge on any atom is -0.377 e. The third-order valence-corrected chi connectivity index (χ3v) is 3.30. The zero-order valence-corrected chi connectivity index (χ0v) is 12.7. The summed E-state index contributed by atoms with van der Waals surface area (Å²) in [5.74, 6) is 1.03. The molecular weight excluding hydrogens is 238 g/mol. The first-order chi connectivity index (χ1) is 9.27. The molecule has 0 fully saturated rings. The lowest BCUT2D eigenvalue weighted by molar-refractivity contribution is 0.153. The van der Waals surface area contributed by atoms with Gasteiger partial charge in [0.15, 0.2) is 5.96 Å². The second kappa shape index (κ2) is 9.84. The van der Waals surface area contributed by atoms with E-state index in [1.165, 1.54) is 18.4 Å². The highest BCUT2D eigenvalue weighted by atomic mass is 16.5. The number of aliphatic imine (C=N–C) groups is 1. The number of hydrogen-bond donors (Lipinski definition) is 1. The predicted molar refractivity (Wildman–Crippen MR) is 81.7 cm³/mol. The lowest BCUT2D eigenvalue weighted by Crippen LogP contribution is -2.39. The van der Waals surface area contributed by atoms with E-state index in [0.29, 0.717) is 0 Å². The van der Waals surface area contributed by atoms with Gasteiger partial charge in [-0.05, 0) is 26.2 Å². The zero-order valence-electron chi connectivity index (χ0n) is 12.7. The van der Waals surface area contributed by atoms with Crippen LogP contribution in [0, 0.1) is 0 Å². The highest BCUT2D eigenvalue weighted by Crippen LogP contribution is 2.11. The van der Waals surface area contributed by atoms with Crippen molar-refractivity contribution in [1.29, 1.82) is 0 Å². The number of ether oxygens (including phenoxy) is 1. The maximum Gasteiger partial charge on any atom is 0.193 e. The fourth-order valence-corrected chi connectivity index (χ4v) is 2.07. The Bertz CT molecular complexity index is 300. The van der Waals surface area contributed by atoms with Crippen molar-refractivity contribution < 1.29 is 4.74 Å². The molecule has 19 heavy (non-hydrogen) atoms. The number of nitrogens with one attached hydrogen (secondary N) is 1. The summed E-state index contributed by atoms with van der Waals surface area (Å²) in [5.41, 5.74) is 1.49. The zero-order chi connectivity index (χ0) is 13.9. The van der Waals surface area contributed by atoms with Gasteiger partial charge in [-0.15, -0.1) is 0 Å². The van der Waals surface area contributed by atoms with Crippen LogP contribution in [0.5, 0.6) is 0 Å². The quantitative estimate of drug-likeness (QED) is 0.437. The summed E-state index contributed by atoms with van der Waals surface area (Å²) in [5, 5.41) is 3.36. The van der Waals surface area contributed by atoms with Gasteiger partial charge in [-0.2, -0.15) is 0 Å². The monoisotopic (exact) mass is 267 g/mol. The van der Waals surface area contributed by atoms with Crippen LogP contribution in [0.4, 0.5) is 0 Å². The third kappa shape index (κ3) is 6.62. The van der Waals surface area contributed by atoms with Gasteiger partial charge in [0.05, 0.1) is 13.2 Å². The molecule has 0 bridgehead atoms. The van der Waals surface area contributed by atoms with E-state index in [2.05, 4.69) is 37.2 Å². The van der Waals surface area contributed by atoms with Gasteiger partial charge in [0.25, 0.3) is 0 Å². The van der Waals surface area contributed by atoms with E-state index < -0.39 is 0 Å². The molecule has 1 aliphatic heterocycles. The van der Waals surface area contributed by atoms with Crippen LogP contribution in [0.3, 0.4) is 0 Å². The molecule has 0 aromatic carbocycles. The van der Waals surface area contributed by atoms with Crippen LogP contribution in [0.25, 0.3) is 0 Å². The molecule has 4 heteroatoms. The molecule has 0 amide bonds. The smallest absolute Gasteiger partial charge is 0.193 e. The maximum absolute atomic E-state index is 5.32. The number of nitrogens with zero attached hydrogens (tertiary/aromatic N) is 2. The number of unbranched alkanes of at least 4 members (excludes halogenated alkanes) is 1. The van der Waals surface area contributed by atoms with Gasteiger partial charge in [-0.3, -0.25) is 4.99 Å². The third-order valence-electron chi connectivity index (χ3n) is 3.30. The molecular formula is C15H29N3O. The number of rotatable bonds is 7. The highest BCUT2D eigenvalue weighted by molar-refractivity contribution is 5.79. The Hall–Kier alpha value is -1.03. The fourth-order valence-electron chi connectivity index (χ4n) is 2.07. The van der Waals surface area contributed by atoms with Crippen molar-refractivity contribution in [3.8, 4) is 0 Å². The molecule has 0 saturated carbocycles. The normalized spacial score (nSPS) is 16.2. The van der Waals surface area contributed by atoms with E-state index in [0.717, 1.165) is 51.6 Å². The van der Waals surface area contributed by atoms with Gasteiger partial charge < -0.3 is 15.0 Å². The Morgan fingerprint density at radius 1 is 1.47 bits per heavy atom. The summed E-state index contributed by atoms with van der Waals surface area (Å²) in [6.45, 7) is 8.83. The molecule has 0 atom stereocenters. The summed E-state index contributed by atoms with van der Waals surface area (Å²) in [6.07, 6.45) is 6.75. The lowest BCUT2D eigenvalue weighted by atomic mass is 10.1. The van der Waals surface area contributed by atoms with Crippen LogP contribution < -0.4 is 5.32 Å². The van der Waals surface area contributed by atoms with Crippen LogP contribution in [0.1, 0.15) is 39.5 Å². The molecule has 0 aliphatic carbocycles. The summed E-state index contributed by atoms with van der Waals surface area (Å²) >= 11 is 0. The van der Waals surface area contributed by atoms with Crippen molar-refractivity contribution in [2.45, 2.75) is 39.5 Å². The van der Waals surface area contributed by atoms with E-state index in [4.69, 9.17) is 9.73 Å². The molecule has 0 radical (unpaired) electrons. The van der Waals surface area contributed by atoms with Crippen LogP contribution in [-0.2, 0) is 4.74 Å². The predicted octanol–water partition coefficient (Wildman–Crippen LogP) is 2.42. The molecule has 1 aliphatic rings. The summed E-state index contributed by atoms with van der Waals surface area (Å²) < 4.78 is 5.32. The second-order valence-corrected chi connectivity index (χ2v) is 4.95. The van der Waals surface area contributed by atoms with Crippen molar-refractivity contribution in [3.05, 3.63) is 11.6 Å². The van der Waals surface area contributed by atoms with E-state index >= 15 is 0 Å². The Balaban J connectivity index is 2.40. The molecule has 0 aromatic rings. The first-order valence-electron chi connectivity index (χ1n) is 7.53. The number of hydrogen-bond acceptors (Lipinski definition) is 2. The van der Waals surface area contributed by atoms with Crippen LogP contribution >= 0.6 is 0 Å². The average Bonchev–Trinajstić information content (AvgIpc) is 2.45. The fraction of sp³-hybridized carbons (Fsp3) is 0.800. The van der Waals surface area contributed by atoms with Crippen molar-refractivity contribution in [2.75, 3.05) is 39.9 Å². The van der Waals surface area contributed by atoms with Crippen molar-refractivity contribution in [1.82, 2.24) is 10.2 Å². The summed E-state index contributed by atoms with van der Waals surface area (Å²) in [7, 11) is 2.12. The second-order valence-electron chi connectivity index (χ2n) is 4.95. The summed E-state index contributed by atoms with van der Waals surface area (Å²) in [4.78, 5) is 6.94. The SMILES string of the molecule is CCCCN(C)C(=NCCC1=CCOCC1)NCC. The van der Waals surface area contributed by atoms with Crippen molar-refractivity contribution in [2.24, 2.45) is 4.99 Å². The molecule has 0 saturated heterocycles. The van der Waals surface area contributed by atoms with Crippen molar-refractivity contribution >= 4 is 5.96 Å². The molecule has 0 unspecified atom stereocenters. The van der Waals surface area contributed by atoms with Gasteiger partial charge in [0.1, 0.15) is 0 Å². The van der Waals surface area contributed by atoms with Gasteiger partial charge in [0.2, 0.25) is 0 Å². The van der Waals surface area contributed by atoms with E-state index in [1.807, 2.05) is 0 Å². The van der Waals surface area contributed by atoms with Crippen LogP contribution in [0.15, 0.2) is 16.6 Å². The van der Waals surface area contributed by atoms with E-state index in [9.17, 15) is 0 Å². The average molecular weight is 267 g/mol. The van der Waals surface area contributed by atoms with Crippen LogP contribution in [0.2, 0.25) is 0 Å². The van der Waals surface area contributed by atoms with E-state index in [1.54, 1.807) is 0 Å². The van der Waals surface area contributed by atoms with E-state index in [-0.39, 0.29) is 0 Å². The molecule has 0 spiro atoms. The largest absolute Gasteiger partial charge is 0.377 e. The molecule has 110 valence electrons. The first kappa shape index (κ1) is 16.0. The Morgan fingerprint density at radius 3 is 2.95 bits per heavy atom. The Kier molecular flexibility index (Phi) is 8.30. The minimum atomic E-state index is 0.773. The molecule has 4 nitrogen and oxygen atoms in total. The lowest BCUT2D eigenvalue weighted by Gasteiger charge is -2.22. The van der Waals surface area contributed by atoms with Gasteiger partial charge >= 0.3 is 0 Å². The van der Waals surface area contributed by atoms with Gasteiger partial charge in [-0.1, -0.05) is 25.0 Å². The Labute approximate surface area is 117 Å².